The average molecular weight is 503 g/mol. The van der Waals surface area contributed by atoms with Crippen molar-refractivity contribution < 1.29 is 23.9 Å². The van der Waals surface area contributed by atoms with Crippen LogP contribution in [0.3, 0.4) is 0 Å². The summed E-state index contributed by atoms with van der Waals surface area (Å²) in [5.74, 6) is -1.12. The maximum Gasteiger partial charge on any atom is 0.328 e. The number of pyridine rings is 1. The Morgan fingerprint density at radius 3 is 2.47 bits per heavy atom. The number of nitrogens with zero attached hydrogens (tertiary/aromatic N) is 3. The SMILES string of the molecule is COC(=O)C(Cc1cccnc1)NC(=O)C1CN(C(=O)NC(C)C)CCN1C(=O)NC1CCCCC1. The first kappa shape index (κ1) is 27.2. The van der Waals surface area contributed by atoms with Gasteiger partial charge in [0.25, 0.3) is 0 Å². The number of methoxy groups -OCH3 is 1. The molecule has 36 heavy (non-hydrogen) atoms. The van der Waals surface area contributed by atoms with Crippen molar-refractivity contribution >= 4 is 23.9 Å². The Kier molecular flexibility index (Phi) is 9.89. The molecule has 0 bridgehead atoms. The quantitative estimate of drug-likeness (QED) is 0.483. The van der Waals surface area contributed by atoms with Gasteiger partial charge in [-0.05, 0) is 38.3 Å². The number of aromatic nitrogens is 1. The molecule has 3 N–H and O–H groups in total. The summed E-state index contributed by atoms with van der Waals surface area (Å²) in [5, 5.41) is 8.66. The number of hydrogen-bond acceptors (Lipinski definition) is 6. The van der Waals surface area contributed by atoms with Crippen molar-refractivity contribution in [1.29, 1.82) is 0 Å². The first-order valence-electron chi connectivity index (χ1n) is 12.7. The molecule has 1 saturated carbocycles. The van der Waals surface area contributed by atoms with Gasteiger partial charge in [-0.3, -0.25) is 9.78 Å². The highest BCUT2D eigenvalue weighted by molar-refractivity contribution is 5.91. The minimum absolute atomic E-state index is 0.0171. The smallest absolute Gasteiger partial charge is 0.328 e. The van der Waals surface area contributed by atoms with Crippen LogP contribution in [-0.4, -0.2) is 89.6 Å². The van der Waals surface area contributed by atoms with E-state index in [2.05, 4.69) is 20.9 Å². The third kappa shape index (κ3) is 7.56. The van der Waals surface area contributed by atoms with E-state index in [-0.39, 0.29) is 43.7 Å². The van der Waals surface area contributed by atoms with Gasteiger partial charge in [0.05, 0.1) is 13.7 Å². The zero-order chi connectivity index (χ0) is 26.1. The van der Waals surface area contributed by atoms with Crippen LogP contribution in [0.4, 0.5) is 9.59 Å². The molecule has 1 saturated heterocycles. The molecule has 1 aliphatic carbocycles. The van der Waals surface area contributed by atoms with Gasteiger partial charge in [-0.1, -0.05) is 25.3 Å². The van der Waals surface area contributed by atoms with Gasteiger partial charge in [0.1, 0.15) is 12.1 Å². The third-order valence-corrected chi connectivity index (χ3v) is 6.54. The van der Waals surface area contributed by atoms with E-state index < -0.39 is 24.0 Å². The van der Waals surface area contributed by atoms with E-state index in [9.17, 15) is 19.2 Å². The molecule has 0 aromatic carbocycles. The summed E-state index contributed by atoms with van der Waals surface area (Å²) in [4.78, 5) is 58.9. The van der Waals surface area contributed by atoms with Gasteiger partial charge in [0.2, 0.25) is 5.91 Å². The monoisotopic (exact) mass is 502 g/mol. The number of nitrogens with one attached hydrogen (secondary N) is 3. The number of carbonyl (C=O) groups is 4. The molecule has 2 unspecified atom stereocenters. The van der Waals surface area contributed by atoms with Crippen LogP contribution < -0.4 is 16.0 Å². The Hall–Kier alpha value is -3.37. The number of piperazine rings is 1. The minimum Gasteiger partial charge on any atom is -0.467 e. The molecular formula is C25H38N6O5. The topological polar surface area (TPSA) is 133 Å². The molecule has 2 fully saturated rings. The van der Waals surface area contributed by atoms with E-state index in [0.717, 1.165) is 37.7 Å². The van der Waals surface area contributed by atoms with Gasteiger partial charge in [0.15, 0.2) is 0 Å². The Balaban J connectivity index is 1.76. The molecule has 2 aliphatic rings. The van der Waals surface area contributed by atoms with Crippen molar-refractivity contribution in [2.45, 2.75) is 76.5 Å². The Labute approximate surface area is 212 Å². The zero-order valence-electron chi connectivity index (χ0n) is 21.4. The lowest BCUT2D eigenvalue weighted by Crippen LogP contribution is -2.66. The second-order valence-corrected chi connectivity index (χ2v) is 9.69. The predicted molar refractivity (Wildman–Crippen MR) is 133 cm³/mol. The number of esters is 1. The van der Waals surface area contributed by atoms with Crippen molar-refractivity contribution in [3.63, 3.8) is 0 Å². The molecule has 11 heteroatoms. The molecule has 1 aliphatic heterocycles. The summed E-state index contributed by atoms with van der Waals surface area (Å²) in [6.45, 7) is 4.23. The molecule has 1 aromatic heterocycles. The highest BCUT2D eigenvalue weighted by atomic mass is 16.5. The van der Waals surface area contributed by atoms with Crippen LogP contribution >= 0.6 is 0 Å². The Morgan fingerprint density at radius 1 is 1.08 bits per heavy atom. The van der Waals surface area contributed by atoms with Crippen molar-refractivity contribution in [1.82, 2.24) is 30.7 Å². The second kappa shape index (κ2) is 13.1. The lowest BCUT2D eigenvalue weighted by Gasteiger charge is -2.41. The lowest BCUT2D eigenvalue weighted by atomic mass is 9.95. The number of urea groups is 2. The molecule has 1 aromatic rings. The van der Waals surface area contributed by atoms with Crippen LogP contribution in [0.15, 0.2) is 24.5 Å². The minimum atomic E-state index is -0.963. The molecule has 3 rings (SSSR count). The number of carbonyl (C=O) groups excluding carboxylic acids is 4. The summed E-state index contributed by atoms with van der Waals surface area (Å²) in [7, 11) is 1.26. The standard InChI is InChI=1S/C25H38N6O5/c1-17(2)27-24(34)30-12-13-31(25(35)28-19-9-5-4-6-10-19)21(16-30)22(32)29-20(23(33)36-3)14-18-8-7-11-26-15-18/h7-8,11,15,17,19-21H,4-6,9-10,12-14,16H2,1-3H3,(H,27,34)(H,28,35)(H,29,32). The fraction of sp³-hybridized carbons (Fsp3) is 0.640. The van der Waals surface area contributed by atoms with E-state index in [1.165, 1.54) is 16.9 Å². The number of amides is 5. The number of rotatable bonds is 7. The van der Waals surface area contributed by atoms with Crippen LogP contribution in [0.2, 0.25) is 0 Å². The van der Waals surface area contributed by atoms with E-state index in [0.29, 0.717) is 6.54 Å². The molecule has 0 radical (unpaired) electrons. The molecule has 11 nitrogen and oxygen atoms in total. The average Bonchev–Trinajstić information content (AvgIpc) is 2.88. The Bertz CT molecular complexity index is 905. The van der Waals surface area contributed by atoms with Crippen molar-refractivity contribution in [3.8, 4) is 0 Å². The number of ether oxygens (including phenoxy) is 1. The molecule has 0 spiro atoms. The van der Waals surface area contributed by atoms with E-state index in [1.54, 1.807) is 24.5 Å². The van der Waals surface area contributed by atoms with Crippen molar-refractivity contribution in [3.05, 3.63) is 30.1 Å². The van der Waals surface area contributed by atoms with Crippen LogP contribution in [-0.2, 0) is 20.7 Å². The van der Waals surface area contributed by atoms with Gasteiger partial charge in [-0.25, -0.2) is 14.4 Å². The molecule has 198 valence electrons. The van der Waals surface area contributed by atoms with Crippen LogP contribution in [0, 0.1) is 0 Å². The third-order valence-electron chi connectivity index (χ3n) is 6.54. The Morgan fingerprint density at radius 2 is 1.83 bits per heavy atom. The van der Waals surface area contributed by atoms with Gasteiger partial charge < -0.3 is 30.5 Å². The zero-order valence-corrected chi connectivity index (χ0v) is 21.4. The van der Waals surface area contributed by atoms with Gasteiger partial charge in [0, 0.05) is 44.0 Å². The largest absolute Gasteiger partial charge is 0.467 e. The first-order chi connectivity index (χ1) is 17.3. The second-order valence-electron chi connectivity index (χ2n) is 9.69. The van der Waals surface area contributed by atoms with Crippen molar-refractivity contribution in [2.24, 2.45) is 0 Å². The predicted octanol–water partition coefficient (Wildman–Crippen LogP) is 1.43. The van der Waals surface area contributed by atoms with E-state index in [4.69, 9.17) is 4.74 Å². The molecule has 2 heterocycles. The van der Waals surface area contributed by atoms with Gasteiger partial charge >= 0.3 is 18.0 Å². The van der Waals surface area contributed by atoms with Crippen LogP contribution in [0.5, 0.6) is 0 Å². The highest BCUT2D eigenvalue weighted by Crippen LogP contribution is 2.19. The fourth-order valence-corrected chi connectivity index (χ4v) is 4.64. The maximum absolute atomic E-state index is 13.5. The van der Waals surface area contributed by atoms with Gasteiger partial charge in [-0.2, -0.15) is 0 Å². The van der Waals surface area contributed by atoms with E-state index >= 15 is 0 Å². The van der Waals surface area contributed by atoms with Crippen molar-refractivity contribution in [2.75, 3.05) is 26.7 Å². The fourth-order valence-electron chi connectivity index (χ4n) is 4.64. The van der Waals surface area contributed by atoms with E-state index in [1.807, 2.05) is 13.8 Å². The molecule has 2 atom stereocenters. The summed E-state index contributed by atoms with van der Waals surface area (Å²) in [6, 6.07) is 1.01. The summed E-state index contributed by atoms with van der Waals surface area (Å²) in [5.41, 5.74) is 0.752. The first-order valence-corrected chi connectivity index (χ1v) is 12.7. The van der Waals surface area contributed by atoms with Crippen LogP contribution in [0.25, 0.3) is 0 Å². The summed E-state index contributed by atoms with van der Waals surface area (Å²) < 4.78 is 4.91. The molecule has 5 amide bonds. The summed E-state index contributed by atoms with van der Waals surface area (Å²) >= 11 is 0. The maximum atomic E-state index is 13.5. The summed E-state index contributed by atoms with van der Waals surface area (Å²) in [6.07, 6.45) is 8.53. The lowest BCUT2D eigenvalue weighted by molar-refractivity contribution is -0.145. The number of hydrogen-bond donors (Lipinski definition) is 3. The molecular weight excluding hydrogens is 464 g/mol. The van der Waals surface area contributed by atoms with Gasteiger partial charge in [-0.15, -0.1) is 0 Å². The highest BCUT2D eigenvalue weighted by Gasteiger charge is 2.39. The normalized spacial score (nSPS) is 19.4. The van der Waals surface area contributed by atoms with Crippen LogP contribution in [0.1, 0.15) is 51.5 Å².